The summed E-state index contributed by atoms with van der Waals surface area (Å²) in [5.41, 5.74) is 0.806. The molecule has 1 aliphatic heterocycles. The first-order chi connectivity index (χ1) is 11.2. The van der Waals surface area contributed by atoms with Crippen molar-refractivity contribution in [2.24, 2.45) is 5.92 Å². The van der Waals surface area contributed by atoms with Crippen LogP contribution in [0.1, 0.15) is 38.7 Å². The van der Waals surface area contributed by atoms with Crippen molar-refractivity contribution in [2.45, 2.75) is 51.0 Å². The van der Waals surface area contributed by atoms with Crippen LogP contribution >= 0.6 is 11.6 Å². The molecule has 1 aliphatic rings. The second kappa shape index (κ2) is 7.85. The third-order valence-electron chi connectivity index (χ3n) is 4.34. The van der Waals surface area contributed by atoms with Gasteiger partial charge in [-0.25, -0.2) is 8.42 Å². The molecular formula is C17H25ClN2O3S. The van der Waals surface area contributed by atoms with E-state index in [1.54, 1.807) is 11.0 Å². The molecule has 1 N–H and O–H groups in total. The fourth-order valence-electron chi connectivity index (χ4n) is 2.76. The molecule has 24 heavy (non-hydrogen) atoms. The van der Waals surface area contributed by atoms with Crippen LogP contribution in [-0.4, -0.2) is 38.4 Å². The largest absolute Gasteiger partial charge is 0.341 e. The van der Waals surface area contributed by atoms with Gasteiger partial charge in [0.1, 0.15) is 6.04 Å². The topological polar surface area (TPSA) is 66.5 Å². The molecule has 2 rings (SSSR count). The van der Waals surface area contributed by atoms with E-state index >= 15 is 0 Å². The molecule has 1 fully saturated rings. The van der Waals surface area contributed by atoms with Gasteiger partial charge in [-0.2, -0.15) is 4.72 Å². The summed E-state index contributed by atoms with van der Waals surface area (Å²) >= 11 is 6.04. The number of nitrogens with zero attached hydrogens (tertiary/aromatic N) is 1. The summed E-state index contributed by atoms with van der Waals surface area (Å²) < 4.78 is 27.9. The second-order valence-corrected chi connectivity index (χ2v) is 8.76. The number of carbonyl (C=O) groups excluding carboxylic acids is 1. The van der Waals surface area contributed by atoms with Crippen LogP contribution in [-0.2, 0) is 14.8 Å². The summed E-state index contributed by atoms with van der Waals surface area (Å²) in [5, 5.41) is 0.390. The smallest absolute Gasteiger partial charge is 0.241 e. The van der Waals surface area contributed by atoms with E-state index in [1.165, 1.54) is 12.1 Å². The number of likely N-dealkylation sites (tertiary alicyclic amines) is 1. The standard InChI is InChI=1S/C17H25ClN2O3S/c1-12(2)16(17(21)20-9-5-4-6-10-20)19-24(22,23)14-8-7-13(3)15(18)11-14/h7-8,11-12,16,19H,4-6,9-10H2,1-3H3/t16-/m0/s1. The number of amides is 1. The molecule has 0 aliphatic carbocycles. The minimum absolute atomic E-state index is 0.0789. The van der Waals surface area contributed by atoms with Crippen molar-refractivity contribution in [3.05, 3.63) is 28.8 Å². The highest BCUT2D eigenvalue weighted by Gasteiger charge is 2.32. The lowest BCUT2D eigenvalue weighted by atomic mass is 10.0. The van der Waals surface area contributed by atoms with E-state index in [0.29, 0.717) is 18.1 Å². The van der Waals surface area contributed by atoms with Crippen LogP contribution in [0, 0.1) is 12.8 Å². The Morgan fingerprint density at radius 1 is 1.21 bits per heavy atom. The number of aryl methyl sites for hydroxylation is 1. The second-order valence-electron chi connectivity index (χ2n) is 6.64. The fourth-order valence-corrected chi connectivity index (χ4v) is 4.37. The number of piperidine rings is 1. The van der Waals surface area contributed by atoms with E-state index in [2.05, 4.69) is 4.72 Å². The molecule has 5 nitrogen and oxygen atoms in total. The molecule has 0 aromatic heterocycles. The van der Waals surface area contributed by atoms with Gasteiger partial charge in [0.05, 0.1) is 4.90 Å². The van der Waals surface area contributed by atoms with Gasteiger partial charge in [0.2, 0.25) is 15.9 Å². The zero-order valence-corrected chi connectivity index (χ0v) is 16.0. The van der Waals surface area contributed by atoms with E-state index in [1.807, 2.05) is 20.8 Å². The summed E-state index contributed by atoms with van der Waals surface area (Å²) in [5.74, 6) is -0.290. The number of hydrogen-bond donors (Lipinski definition) is 1. The predicted molar refractivity (Wildman–Crippen MR) is 95.6 cm³/mol. The van der Waals surface area contributed by atoms with Gasteiger partial charge in [0.25, 0.3) is 0 Å². The maximum absolute atomic E-state index is 12.7. The van der Waals surface area contributed by atoms with Crippen molar-refractivity contribution in [3.8, 4) is 0 Å². The molecule has 0 bridgehead atoms. The van der Waals surface area contributed by atoms with Crippen LogP contribution in [0.4, 0.5) is 0 Å². The highest BCUT2D eigenvalue weighted by Crippen LogP contribution is 2.21. The van der Waals surface area contributed by atoms with E-state index in [9.17, 15) is 13.2 Å². The molecule has 0 radical (unpaired) electrons. The number of rotatable bonds is 5. The van der Waals surface area contributed by atoms with Gasteiger partial charge in [-0.15, -0.1) is 0 Å². The normalized spacial score (nSPS) is 17.1. The van der Waals surface area contributed by atoms with E-state index in [-0.39, 0.29) is 16.7 Å². The predicted octanol–water partition coefficient (Wildman–Crippen LogP) is 2.96. The molecule has 1 atom stereocenters. The number of halogens is 1. The van der Waals surface area contributed by atoms with Gasteiger partial charge < -0.3 is 4.90 Å². The molecule has 134 valence electrons. The van der Waals surface area contributed by atoms with Gasteiger partial charge in [0, 0.05) is 18.1 Å². The minimum Gasteiger partial charge on any atom is -0.341 e. The Kier molecular flexibility index (Phi) is 6.28. The Morgan fingerprint density at radius 2 is 1.83 bits per heavy atom. The van der Waals surface area contributed by atoms with Gasteiger partial charge in [-0.05, 0) is 49.8 Å². The molecule has 1 saturated heterocycles. The number of carbonyl (C=O) groups is 1. The third kappa shape index (κ3) is 4.49. The maximum Gasteiger partial charge on any atom is 0.241 e. The molecule has 0 saturated carbocycles. The van der Waals surface area contributed by atoms with Crippen molar-refractivity contribution >= 4 is 27.5 Å². The Hall–Kier alpha value is -1.11. The monoisotopic (exact) mass is 372 g/mol. The summed E-state index contributed by atoms with van der Waals surface area (Å²) in [4.78, 5) is 14.6. The molecule has 1 amide bonds. The van der Waals surface area contributed by atoms with Gasteiger partial charge in [-0.1, -0.05) is 31.5 Å². The number of sulfonamides is 1. The number of nitrogens with one attached hydrogen (secondary N) is 1. The lowest BCUT2D eigenvalue weighted by Crippen LogP contribution is -2.52. The molecule has 1 heterocycles. The zero-order chi connectivity index (χ0) is 17.9. The first-order valence-corrected chi connectivity index (χ1v) is 10.2. The Balaban J connectivity index is 2.22. The average Bonchev–Trinajstić information content (AvgIpc) is 2.55. The summed E-state index contributed by atoms with van der Waals surface area (Å²) in [6.07, 6.45) is 3.05. The van der Waals surface area contributed by atoms with Crippen LogP contribution < -0.4 is 4.72 Å². The molecular weight excluding hydrogens is 348 g/mol. The highest BCUT2D eigenvalue weighted by molar-refractivity contribution is 7.89. The summed E-state index contributed by atoms with van der Waals surface area (Å²) in [6, 6.07) is 3.82. The van der Waals surface area contributed by atoms with Crippen LogP contribution in [0.2, 0.25) is 5.02 Å². The quantitative estimate of drug-likeness (QED) is 0.864. The molecule has 1 aromatic rings. The van der Waals surface area contributed by atoms with Crippen molar-refractivity contribution in [1.82, 2.24) is 9.62 Å². The lowest BCUT2D eigenvalue weighted by molar-refractivity contribution is -0.134. The minimum atomic E-state index is -3.81. The Morgan fingerprint density at radius 3 is 2.38 bits per heavy atom. The SMILES string of the molecule is Cc1ccc(S(=O)(=O)N[C@H](C(=O)N2CCCCC2)C(C)C)cc1Cl. The molecule has 1 aromatic carbocycles. The van der Waals surface area contributed by atoms with E-state index < -0.39 is 16.1 Å². The van der Waals surface area contributed by atoms with Crippen LogP contribution in [0.5, 0.6) is 0 Å². The van der Waals surface area contributed by atoms with Crippen LogP contribution in [0.15, 0.2) is 23.1 Å². The van der Waals surface area contributed by atoms with Gasteiger partial charge in [0.15, 0.2) is 0 Å². The lowest BCUT2D eigenvalue weighted by Gasteiger charge is -2.32. The van der Waals surface area contributed by atoms with Crippen molar-refractivity contribution in [2.75, 3.05) is 13.1 Å². The third-order valence-corrected chi connectivity index (χ3v) is 6.18. The molecule has 0 spiro atoms. The van der Waals surface area contributed by atoms with Crippen molar-refractivity contribution in [3.63, 3.8) is 0 Å². The zero-order valence-electron chi connectivity index (χ0n) is 14.4. The Bertz CT molecular complexity index is 698. The summed E-state index contributed by atoms with van der Waals surface area (Å²) in [6.45, 7) is 6.89. The van der Waals surface area contributed by atoms with Gasteiger partial charge >= 0.3 is 0 Å². The number of benzene rings is 1. The number of hydrogen-bond acceptors (Lipinski definition) is 3. The highest BCUT2D eigenvalue weighted by atomic mass is 35.5. The van der Waals surface area contributed by atoms with E-state index in [4.69, 9.17) is 11.6 Å². The van der Waals surface area contributed by atoms with E-state index in [0.717, 1.165) is 24.8 Å². The van der Waals surface area contributed by atoms with Gasteiger partial charge in [-0.3, -0.25) is 4.79 Å². The molecule has 0 unspecified atom stereocenters. The first-order valence-electron chi connectivity index (χ1n) is 8.29. The Labute approximate surface area is 149 Å². The average molecular weight is 373 g/mol. The first kappa shape index (κ1) is 19.2. The maximum atomic E-state index is 12.7. The van der Waals surface area contributed by atoms with Crippen LogP contribution in [0.25, 0.3) is 0 Å². The molecule has 7 heteroatoms. The summed E-state index contributed by atoms with van der Waals surface area (Å²) in [7, 11) is -3.81. The van der Waals surface area contributed by atoms with Crippen molar-refractivity contribution < 1.29 is 13.2 Å². The van der Waals surface area contributed by atoms with Crippen LogP contribution in [0.3, 0.4) is 0 Å². The fraction of sp³-hybridized carbons (Fsp3) is 0.588. The van der Waals surface area contributed by atoms with Crippen molar-refractivity contribution in [1.29, 1.82) is 0 Å².